The number of rotatable bonds is 9. The molecule has 1 aliphatic heterocycles. The molecule has 0 aromatic heterocycles. The van der Waals surface area contributed by atoms with Gasteiger partial charge in [-0.25, -0.2) is 4.79 Å². The molecular weight excluding hydrogens is 702 g/mol. The highest BCUT2D eigenvalue weighted by molar-refractivity contribution is 14.1. The van der Waals surface area contributed by atoms with E-state index in [9.17, 15) is 19.2 Å². The van der Waals surface area contributed by atoms with Crippen molar-refractivity contribution in [2.75, 3.05) is 32.2 Å². The van der Waals surface area contributed by atoms with Crippen LogP contribution in [0.1, 0.15) is 12.5 Å². The Morgan fingerprint density at radius 3 is 2.37 bits per heavy atom. The molecule has 0 bridgehead atoms. The number of esters is 1. The maximum Gasteiger partial charge on any atom is 0.344 e. The van der Waals surface area contributed by atoms with E-state index in [1.54, 1.807) is 49.4 Å². The molecule has 0 radical (unpaired) electrons. The molecule has 3 rings (SSSR count). The van der Waals surface area contributed by atoms with E-state index in [1.165, 1.54) is 7.11 Å². The Balaban J connectivity index is 1.67. The maximum atomic E-state index is 12.8. The number of methoxy groups -OCH3 is 1. The van der Waals surface area contributed by atoms with Crippen LogP contribution in [0.4, 0.5) is 10.5 Å². The number of hydrogen-bond donors (Lipinski definition) is 1. The number of anilines is 1. The molecule has 1 saturated heterocycles. The highest BCUT2D eigenvalue weighted by atomic mass is 127. The second-order valence-corrected chi connectivity index (χ2v) is 10.3. The number of imide groups is 1. The second-order valence-electron chi connectivity index (χ2n) is 6.95. The van der Waals surface area contributed by atoms with E-state index in [1.807, 2.05) is 0 Å². The summed E-state index contributed by atoms with van der Waals surface area (Å²) in [5.41, 5.74) is 1.20. The Labute approximate surface area is 233 Å². The Hall–Kier alpha value is -2.33. The number of hydrogen-bond acceptors (Lipinski definition) is 8. The number of thioether (sulfide) groups is 1. The summed E-state index contributed by atoms with van der Waals surface area (Å²) in [6.45, 7) is 1.38. The van der Waals surface area contributed by atoms with Gasteiger partial charge in [0, 0.05) is 5.69 Å². The van der Waals surface area contributed by atoms with Gasteiger partial charge in [0.1, 0.15) is 18.0 Å². The molecule has 9 nitrogen and oxygen atoms in total. The van der Waals surface area contributed by atoms with E-state index >= 15 is 0 Å². The van der Waals surface area contributed by atoms with Crippen LogP contribution in [0, 0.1) is 7.14 Å². The third-order valence-electron chi connectivity index (χ3n) is 4.51. The molecule has 1 N–H and O–H groups in total. The smallest absolute Gasteiger partial charge is 0.344 e. The lowest BCUT2D eigenvalue weighted by Crippen LogP contribution is -2.36. The zero-order chi connectivity index (χ0) is 25.5. The van der Waals surface area contributed by atoms with Crippen molar-refractivity contribution >= 4 is 91.7 Å². The standard InChI is InChI=1S/C23H20I2N2O7S/c1-3-33-20(29)12-34-21-16(24)8-13(9-17(21)25)10-18-22(30)27(23(31)35-18)11-19(28)26-14-4-6-15(32-2)7-5-14/h4-10H,3,11-12H2,1-2H3,(H,26,28)/b18-10+. The first-order valence-electron chi connectivity index (χ1n) is 10.2. The van der Waals surface area contributed by atoms with E-state index in [2.05, 4.69) is 50.5 Å². The largest absolute Gasteiger partial charge is 0.497 e. The van der Waals surface area contributed by atoms with Crippen LogP contribution in [0.25, 0.3) is 6.08 Å². The summed E-state index contributed by atoms with van der Waals surface area (Å²) in [7, 11) is 1.54. The van der Waals surface area contributed by atoms with Crippen LogP contribution in [0.5, 0.6) is 11.5 Å². The third-order valence-corrected chi connectivity index (χ3v) is 7.02. The molecule has 1 heterocycles. The molecule has 2 aromatic rings. The van der Waals surface area contributed by atoms with Crippen molar-refractivity contribution in [1.82, 2.24) is 4.90 Å². The monoisotopic (exact) mass is 722 g/mol. The van der Waals surface area contributed by atoms with Gasteiger partial charge in [0.2, 0.25) is 5.91 Å². The van der Waals surface area contributed by atoms with Crippen LogP contribution in [-0.2, 0) is 19.1 Å². The zero-order valence-corrected chi connectivity index (χ0v) is 23.8. The summed E-state index contributed by atoms with van der Waals surface area (Å²) in [5, 5.41) is 2.13. The van der Waals surface area contributed by atoms with Gasteiger partial charge < -0.3 is 19.5 Å². The lowest BCUT2D eigenvalue weighted by atomic mass is 10.2. The molecule has 35 heavy (non-hydrogen) atoms. The van der Waals surface area contributed by atoms with Gasteiger partial charge in [-0.3, -0.25) is 19.3 Å². The molecule has 0 saturated carbocycles. The molecule has 0 spiro atoms. The van der Waals surface area contributed by atoms with Crippen LogP contribution < -0.4 is 14.8 Å². The van der Waals surface area contributed by atoms with Crippen LogP contribution in [0.15, 0.2) is 41.3 Å². The summed E-state index contributed by atoms with van der Waals surface area (Å²) >= 11 is 4.91. The van der Waals surface area contributed by atoms with E-state index in [0.717, 1.165) is 23.8 Å². The van der Waals surface area contributed by atoms with Crippen LogP contribution in [-0.4, -0.2) is 54.8 Å². The fourth-order valence-corrected chi connectivity index (χ4v) is 5.91. The second kappa shape index (κ2) is 12.6. The first kappa shape index (κ1) is 27.3. The number of halogens is 2. The predicted octanol–water partition coefficient (Wildman–Crippen LogP) is 4.52. The normalized spacial score (nSPS) is 14.3. The number of nitrogens with one attached hydrogen (secondary N) is 1. The highest BCUT2D eigenvalue weighted by Gasteiger charge is 2.36. The van der Waals surface area contributed by atoms with Crippen molar-refractivity contribution in [1.29, 1.82) is 0 Å². The van der Waals surface area contributed by atoms with E-state index in [0.29, 0.717) is 22.7 Å². The molecule has 3 amide bonds. The van der Waals surface area contributed by atoms with Crippen molar-refractivity contribution in [3.63, 3.8) is 0 Å². The average molecular weight is 722 g/mol. The lowest BCUT2D eigenvalue weighted by molar-refractivity contribution is -0.145. The molecular formula is C23H20I2N2O7S. The summed E-state index contributed by atoms with van der Waals surface area (Å²) in [6.07, 6.45) is 1.59. The molecule has 1 fully saturated rings. The highest BCUT2D eigenvalue weighted by Crippen LogP contribution is 2.34. The molecule has 0 aliphatic carbocycles. The zero-order valence-electron chi connectivity index (χ0n) is 18.6. The summed E-state index contributed by atoms with van der Waals surface area (Å²) in [5.74, 6) is -0.335. The van der Waals surface area contributed by atoms with Gasteiger partial charge in [-0.05, 0) is 112 Å². The summed E-state index contributed by atoms with van der Waals surface area (Å²) in [6, 6.07) is 10.2. The van der Waals surface area contributed by atoms with Gasteiger partial charge in [-0.2, -0.15) is 0 Å². The van der Waals surface area contributed by atoms with Gasteiger partial charge in [0.25, 0.3) is 11.1 Å². The van der Waals surface area contributed by atoms with Gasteiger partial charge in [-0.1, -0.05) is 0 Å². The lowest BCUT2D eigenvalue weighted by Gasteiger charge is -2.13. The first-order valence-corrected chi connectivity index (χ1v) is 13.2. The third kappa shape index (κ3) is 7.33. The Morgan fingerprint density at radius 1 is 1.11 bits per heavy atom. The molecule has 0 unspecified atom stereocenters. The number of carbonyl (C=O) groups is 4. The Kier molecular flexibility index (Phi) is 9.80. The van der Waals surface area contributed by atoms with Gasteiger partial charge >= 0.3 is 5.97 Å². The average Bonchev–Trinajstić information content (AvgIpc) is 3.06. The number of ether oxygens (including phenoxy) is 3. The number of nitrogens with zero attached hydrogens (tertiary/aromatic N) is 1. The van der Waals surface area contributed by atoms with E-state index in [4.69, 9.17) is 14.2 Å². The van der Waals surface area contributed by atoms with Crippen molar-refractivity contribution in [3.05, 3.63) is 54.0 Å². The summed E-state index contributed by atoms with van der Waals surface area (Å²) < 4.78 is 17.0. The molecule has 184 valence electrons. The minimum atomic E-state index is -0.544. The number of amides is 3. The van der Waals surface area contributed by atoms with Crippen LogP contribution >= 0.6 is 56.9 Å². The maximum absolute atomic E-state index is 12.8. The Bertz CT molecular complexity index is 1160. The minimum absolute atomic E-state index is 0.207. The van der Waals surface area contributed by atoms with Crippen LogP contribution in [0.3, 0.4) is 0 Å². The van der Waals surface area contributed by atoms with Crippen molar-refractivity contribution in [2.45, 2.75) is 6.92 Å². The molecule has 12 heteroatoms. The van der Waals surface area contributed by atoms with Crippen molar-refractivity contribution in [3.8, 4) is 11.5 Å². The van der Waals surface area contributed by atoms with E-state index in [-0.39, 0.29) is 18.1 Å². The fraction of sp³-hybridized carbons (Fsp3) is 0.217. The van der Waals surface area contributed by atoms with Gasteiger partial charge in [-0.15, -0.1) is 0 Å². The van der Waals surface area contributed by atoms with E-state index < -0.39 is 29.6 Å². The minimum Gasteiger partial charge on any atom is -0.497 e. The first-order chi connectivity index (χ1) is 16.7. The molecule has 0 atom stereocenters. The summed E-state index contributed by atoms with van der Waals surface area (Å²) in [4.78, 5) is 50.3. The molecule has 1 aliphatic rings. The number of benzene rings is 2. The topological polar surface area (TPSA) is 111 Å². The van der Waals surface area contributed by atoms with Crippen LogP contribution in [0.2, 0.25) is 0 Å². The number of carbonyl (C=O) groups excluding carboxylic acids is 4. The SMILES string of the molecule is CCOC(=O)COc1c(I)cc(/C=C2/SC(=O)N(CC(=O)Nc3ccc(OC)cc3)C2=O)cc1I. The predicted molar refractivity (Wildman–Crippen MR) is 148 cm³/mol. The quantitative estimate of drug-likeness (QED) is 0.229. The Morgan fingerprint density at radius 2 is 1.77 bits per heavy atom. The fourth-order valence-electron chi connectivity index (χ4n) is 2.94. The van der Waals surface area contributed by atoms with Gasteiger partial charge in [0.15, 0.2) is 6.61 Å². The van der Waals surface area contributed by atoms with Crippen molar-refractivity contribution < 1.29 is 33.4 Å². The van der Waals surface area contributed by atoms with Gasteiger partial charge in [0.05, 0.1) is 25.8 Å². The molecule has 2 aromatic carbocycles. The van der Waals surface area contributed by atoms with Crippen molar-refractivity contribution in [2.24, 2.45) is 0 Å².